The van der Waals surface area contributed by atoms with Gasteiger partial charge in [0.1, 0.15) is 0 Å². The number of benzene rings is 2. The molecule has 0 atom stereocenters. The molecule has 18 heavy (non-hydrogen) atoms. The van der Waals surface area contributed by atoms with Crippen molar-refractivity contribution in [2.45, 2.75) is 11.2 Å². The minimum Gasteiger partial charge on any atom is -0.370 e. The van der Waals surface area contributed by atoms with E-state index in [1.807, 2.05) is 60.7 Å². The molecule has 3 heteroatoms. The molecule has 0 aromatic heterocycles. The highest BCUT2D eigenvalue weighted by Crippen LogP contribution is 2.39. The normalized spacial score (nSPS) is 11.2. The summed E-state index contributed by atoms with van der Waals surface area (Å²) in [6.45, 7) is 0. The van der Waals surface area contributed by atoms with Gasteiger partial charge in [-0.2, -0.15) is 12.6 Å². The van der Waals surface area contributed by atoms with Crippen LogP contribution in [0.5, 0.6) is 0 Å². The van der Waals surface area contributed by atoms with E-state index in [1.165, 1.54) is 0 Å². The molecule has 0 saturated heterocycles. The lowest BCUT2D eigenvalue weighted by Gasteiger charge is -2.28. The number of amides is 1. The summed E-state index contributed by atoms with van der Waals surface area (Å²) in [5, 5.41) is 0. The Bertz CT molecular complexity index is 485. The van der Waals surface area contributed by atoms with Crippen LogP contribution in [0.1, 0.15) is 17.5 Å². The molecule has 0 saturated carbocycles. The van der Waals surface area contributed by atoms with E-state index in [0.717, 1.165) is 11.1 Å². The molecule has 0 unspecified atom stereocenters. The Kier molecular flexibility index (Phi) is 3.72. The number of carbonyl (C=O) groups excluding carboxylic acids is 1. The number of primary amides is 1. The van der Waals surface area contributed by atoms with Crippen molar-refractivity contribution in [3.05, 3.63) is 71.8 Å². The summed E-state index contributed by atoms with van der Waals surface area (Å²) in [6, 6.07) is 19.5. The van der Waals surface area contributed by atoms with Crippen LogP contribution in [0.4, 0.5) is 0 Å². The SMILES string of the molecule is NC(=O)CC(S)(c1ccccc1)c1ccccc1. The van der Waals surface area contributed by atoms with Crippen molar-refractivity contribution < 1.29 is 4.79 Å². The summed E-state index contributed by atoms with van der Waals surface area (Å²) in [4.78, 5) is 11.3. The molecule has 1 amide bonds. The smallest absolute Gasteiger partial charge is 0.219 e. The fourth-order valence-corrected chi connectivity index (χ4v) is 2.50. The monoisotopic (exact) mass is 257 g/mol. The maximum absolute atomic E-state index is 11.3. The van der Waals surface area contributed by atoms with Crippen LogP contribution in [0.3, 0.4) is 0 Å². The topological polar surface area (TPSA) is 43.1 Å². The van der Waals surface area contributed by atoms with Gasteiger partial charge >= 0.3 is 0 Å². The second-order valence-corrected chi connectivity index (χ2v) is 5.00. The zero-order valence-corrected chi connectivity index (χ0v) is 10.8. The van der Waals surface area contributed by atoms with Crippen LogP contribution in [0.25, 0.3) is 0 Å². The molecule has 0 aliphatic carbocycles. The number of rotatable bonds is 4. The Labute approximate surface area is 112 Å². The summed E-state index contributed by atoms with van der Waals surface area (Å²) >= 11 is 4.74. The molecule has 2 N–H and O–H groups in total. The van der Waals surface area contributed by atoms with Gasteiger partial charge in [0.25, 0.3) is 0 Å². The first-order chi connectivity index (χ1) is 8.63. The van der Waals surface area contributed by atoms with Crippen LogP contribution in [0.15, 0.2) is 60.7 Å². The number of hydrogen-bond acceptors (Lipinski definition) is 2. The van der Waals surface area contributed by atoms with Crippen LogP contribution in [0, 0.1) is 0 Å². The van der Waals surface area contributed by atoms with E-state index >= 15 is 0 Å². The number of nitrogens with two attached hydrogens (primary N) is 1. The minimum atomic E-state index is -0.672. The molecule has 0 radical (unpaired) electrons. The molecule has 0 aliphatic rings. The van der Waals surface area contributed by atoms with E-state index in [2.05, 4.69) is 0 Å². The van der Waals surface area contributed by atoms with Crippen LogP contribution in [-0.2, 0) is 9.54 Å². The highest BCUT2D eigenvalue weighted by atomic mass is 32.1. The molecule has 92 valence electrons. The lowest BCUT2D eigenvalue weighted by Crippen LogP contribution is -2.28. The summed E-state index contributed by atoms with van der Waals surface area (Å²) < 4.78 is -0.672. The third-order valence-electron chi connectivity index (χ3n) is 2.93. The average molecular weight is 257 g/mol. The standard InChI is InChI=1S/C15H15NOS/c16-14(17)11-15(18,12-7-3-1-4-8-12)13-9-5-2-6-10-13/h1-10,18H,11H2,(H2,16,17). The molecule has 0 fully saturated rings. The minimum absolute atomic E-state index is 0.171. The van der Waals surface area contributed by atoms with Crippen molar-refractivity contribution in [2.24, 2.45) is 5.73 Å². The summed E-state index contributed by atoms with van der Waals surface area (Å²) in [5.41, 5.74) is 7.31. The molecule has 2 nitrogen and oxygen atoms in total. The van der Waals surface area contributed by atoms with E-state index < -0.39 is 4.75 Å². The Morgan fingerprint density at radius 2 is 1.33 bits per heavy atom. The fourth-order valence-electron chi connectivity index (χ4n) is 2.05. The van der Waals surface area contributed by atoms with Gasteiger partial charge in [-0.15, -0.1) is 0 Å². The van der Waals surface area contributed by atoms with E-state index in [0.29, 0.717) is 0 Å². The van der Waals surface area contributed by atoms with Gasteiger partial charge in [0.2, 0.25) is 5.91 Å². The Balaban J connectivity index is 2.51. The predicted molar refractivity (Wildman–Crippen MR) is 76.5 cm³/mol. The summed E-state index contributed by atoms with van der Waals surface area (Å²) in [6.07, 6.45) is 0.171. The number of hydrogen-bond donors (Lipinski definition) is 2. The maximum atomic E-state index is 11.3. The van der Waals surface area contributed by atoms with Crippen LogP contribution < -0.4 is 5.73 Å². The van der Waals surface area contributed by atoms with Gasteiger partial charge in [0.15, 0.2) is 0 Å². The second kappa shape index (κ2) is 5.27. The van der Waals surface area contributed by atoms with Crippen molar-refractivity contribution >= 4 is 18.5 Å². The van der Waals surface area contributed by atoms with Gasteiger partial charge in [0.05, 0.1) is 4.75 Å². The molecule has 0 aliphatic heterocycles. The van der Waals surface area contributed by atoms with Gasteiger partial charge in [-0.3, -0.25) is 4.79 Å². The molecular formula is C15H15NOS. The molecule has 0 spiro atoms. The highest BCUT2D eigenvalue weighted by molar-refractivity contribution is 7.81. The van der Waals surface area contributed by atoms with Gasteiger partial charge in [-0.1, -0.05) is 60.7 Å². The first-order valence-electron chi connectivity index (χ1n) is 5.74. The molecule has 2 aromatic carbocycles. The van der Waals surface area contributed by atoms with Crippen molar-refractivity contribution in [3.63, 3.8) is 0 Å². The highest BCUT2D eigenvalue weighted by Gasteiger charge is 2.31. The van der Waals surface area contributed by atoms with Crippen LogP contribution in [0.2, 0.25) is 0 Å². The Hall–Kier alpha value is -1.74. The molecule has 0 bridgehead atoms. The number of thiol groups is 1. The maximum Gasteiger partial charge on any atom is 0.219 e. The average Bonchev–Trinajstić information content (AvgIpc) is 2.40. The molecule has 2 rings (SSSR count). The molecular weight excluding hydrogens is 242 g/mol. The largest absolute Gasteiger partial charge is 0.370 e. The zero-order valence-electron chi connectivity index (χ0n) is 9.91. The van der Waals surface area contributed by atoms with Crippen LogP contribution in [-0.4, -0.2) is 5.91 Å². The van der Waals surface area contributed by atoms with E-state index in [-0.39, 0.29) is 12.3 Å². The number of carbonyl (C=O) groups is 1. The lowest BCUT2D eigenvalue weighted by molar-refractivity contribution is -0.118. The third-order valence-corrected chi connectivity index (χ3v) is 3.61. The molecule has 0 heterocycles. The van der Waals surface area contributed by atoms with Crippen molar-refractivity contribution in [1.29, 1.82) is 0 Å². The first kappa shape index (κ1) is 12.7. The van der Waals surface area contributed by atoms with Crippen molar-refractivity contribution in [1.82, 2.24) is 0 Å². The van der Waals surface area contributed by atoms with Gasteiger partial charge in [0, 0.05) is 6.42 Å². The van der Waals surface area contributed by atoms with Gasteiger partial charge in [-0.25, -0.2) is 0 Å². The Morgan fingerprint density at radius 3 is 1.67 bits per heavy atom. The van der Waals surface area contributed by atoms with Crippen molar-refractivity contribution in [3.8, 4) is 0 Å². The van der Waals surface area contributed by atoms with Crippen molar-refractivity contribution in [2.75, 3.05) is 0 Å². The summed E-state index contributed by atoms with van der Waals surface area (Å²) in [7, 11) is 0. The van der Waals surface area contributed by atoms with Crippen LogP contribution >= 0.6 is 12.6 Å². The van der Waals surface area contributed by atoms with E-state index in [9.17, 15) is 4.79 Å². The fraction of sp³-hybridized carbons (Fsp3) is 0.133. The zero-order chi connectivity index (χ0) is 13.0. The van der Waals surface area contributed by atoms with E-state index in [4.69, 9.17) is 18.4 Å². The Morgan fingerprint density at radius 1 is 0.944 bits per heavy atom. The van der Waals surface area contributed by atoms with E-state index in [1.54, 1.807) is 0 Å². The first-order valence-corrected chi connectivity index (χ1v) is 6.19. The quantitative estimate of drug-likeness (QED) is 0.813. The second-order valence-electron chi connectivity index (χ2n) is 4.24. The lowest BCUT2D eigenvalue weighted by atomic mass is 9.87. The summed E-state index contributed by atoms with van der Waals surface area (Å²) in [5.74, 6) is -0.363. The molecule has 2 aromatic rings. The third kappa shape index (κ3) is 2.57. The predicted octanol–water partition coefficient (Wildman–Crippen LogP) is 2.74. The van der Waals surface area contributed by atoms with Gasteiger partial charge < -0.3 is 5.73 Å². The van der Waals surface area contributed by atoms with Gasteiger partial charge in [-0.05, 0) is 11.1 Å².